The zero-order chi connectivity index (χ0) is 20.2. The molecule has 2 saturated heterocycles. The second kappa shape index (κ2) is 6.98. The summed E-state index contributed by atoms with van der Waals surface area (Å²) in [7, 11) is 0. The summed E-state index contributed by atoms with van der Waals surface area (Å²) in [6.07, 6.45) is 5.47. The van der Waals surface area contributed by atoms with E-state index in [4.69, 9.17) is 4.52 Å². The number of piperidine rings is 1. The third-order valence-electron chi connectivity index (χ3n) is 7.61. The van der Waals surface area contributed by atoms with Crippen molar-refractivity contribution in [1.82, 2.24) is 15.4 Å². The van der Waals surface area contributed by atoms with E-state index in [1.165, 1.54) is 18.4 Å². The Morgan fingerprint density at radius 2 is 2.10 bits per heavy atom. The minimum atomic E-state index is 0.0190. The predicted molar refractivity (Wildman–Crippen MR) is 112 cm³/mol. The lowest BCUT2D eigenvalue weighted by atomic mass is 9.65. The fourth-order valence-electron chi connectivity index (χ4n) is 6.05. The van der Waals surface area contributed by atoms with Crippen LogP contribution in [0, 0.1) is 5.41 Å². The number of fused-ring (bicyclic) bond motifs is 1. The highest BCUT2D eigenvalue weighted by Gasteiger charge is 2.61. The molecule has 5 nitrogen and oxygen atoms in total. The second-order valence-electron chi connectivity index (χ2n) is 9.72. The minimum absolute atomic E-state index is 0.0190. The van der Waals surface area contributed by atoms with Crippen LogP contribution in [0.4, 0.5) is 0 Å². The number of nitrogens with one attached hydrogen (secondary N) is 1. The largest absolute Gasteiger partial charge is 0.351 e. The number of likely N-dealkylation sites (tertiary alicyclic amines) is 1. The molecule has 1 amide bonds. The number of aromatic nitrogens is 1. The van der Waals surface area contributed by atoms with Gasteiger partial charge in [0.1, 0.15) is 0 Å². The third kappa shape index (κ3) is 3.02. The van der Waals surface area contributed by atoms with Crippen molar-refractivity contribution in [2.75, 3.05) is 0 Å². The number of hydrogen-bond acceptors (Lipinski definition) is 4. The normalized spacial score (nSPS) is 33.3. The molecule has 154 valence electrons. The van der Waals surface area contributed by atoms with Crippen molar-refractivity contribution in [2.24, 2.45) is 5.41 Å². The standard InChI is InChI=1S/C24H31N3O2/c1-15(2)17-13-20(29-26-17)23(28)27-19-14-24(3)21(10-7-11-22(24)27)25-18(19)12-16-8-5-4-6-9-16/h4-6,8-9,13,15,18-19,21-22,25H,7,10-12,14H2,1-3H3/t18-,19+,21-,22+,24-/m1/s1. The van der Waals surface area contributed by atoms with Crippen molar-refractivity contribution >= 4 is 5.91 Å². The lowest BCUT2D eigenvalue weighted by molar-refractivity contribution is 0.0520. The topological polar surface area (TPSA) is 58.4 Å². The molecule has 1 aromatic carbocycles. The molecule has 3 heterocycles. The van der Waals surface area contributed by atoms with E-state index >= 15 is 0 Å². The Morgan fingerprint density at radius 1 is 1.31 bits per heavy atom. The molecule has 2 bridgehead atoms. The van der Waals surface area contributed by atoms with Crippen LogP contribution in [0.15, 0.2) is 40.9 Å². The molecule has 1 aliphatic carbocycles. The van der Waals surface area contributed by atoms with Crippen molar-refractivity contribution in [3.63, 3.8) is 0 Å². The maximum absolute atomic E-state index is 13.6. The van der Waals surface area contributed by atoms with Gasteiger partial charge in [0.25, 0.3) is 5.91 Å². The Morgan fingerprint density at radius 3 is 2.83 bits per heavy atom. The molecule has 3 fully saturated rings. The molecule has 5 heteroatoms. The van der Waals surface area contributed by atoms with Crippen LogP contribution in [-0.4, -0.2) is 40.1 Å². The van der Waals surface area contributed by atoms with Crippen LogP contribution >= 0.6 is 0 Å². The maximum atomic E-state index is 13.6. The van der Waals surface area contributed by atoms with Crippen molar-refractivity contribution in [3.8, 4) is 0 Å². The van der Waals surface area contributed by atoms with Gasteiger partial charge in [-0.25, -0.2) is 0 Å². The number of benzene rings is 1. The predicted octanol–water partition coefficient (Wildman–Crippen LogP) is 4.15. The summed E-state index contributed by atoms with van der Waals surface area (Å²) >= 11 is 0. The smallest absolute Gasteiger partial charge is 0.293 e. The second-order valence-corrected chi connectivity index (χ2v) is 9.72. The Bertz CT molecular complexity index is 893. The third-order valence-corrected chi connectivity index (χ3v) is 7.61. The monoisotopic (exact) mass is 393 g/mol. The van der Waals surface area contributed by atoms with Gasteiger partial charge < -0.3 is 14.7 Å². The fourth-order valence-corrected chi connectivity index (χ4v) is 6.05. The van der Waals surface area contributed by atoms with Gasteiger partial charge in [-0.1, -0.05) is 56.3 Å². The van der Waals surface area contributed by atoms with E-state index in [-0.39, 0.29) is 35.4 Å². The molecule has 5 atom stereocenters. The lowest BCUT2D eigenvalue weighted by Gasteiger charge is -2.46. The van der Waals surface area contributed by atoms with Gasteiger partial charge >= 0.3 is 0 Å². The Hall–Kier alpha value is -2.14. The highest BCUT2D eigenvalue weighted by atomic mass is 16.5. The highest BCUT2D eigenvalue weighted by molar-refractivity contribution is 5.92. The zero-order valence-electron chi connectivity index (χ0n) is 17.6. The van der Waals surface area contributed by atoms with Crippen LogP contribution < -0.4 is 5.32 Å². The molecule has 1 saturated carbocycles. The average molecular weight is 394 g/mol. The molecule has 5 rings (SSSR count). The number of rotatable bonds is 4. The Labute approximate surface area is 172 Å². The first-order chi connectivity index (χ1) is 14.0. The van der Waals surface area contributed by atoms with Gasteiger partial charge in [-0.05, 0) is 43.6 Å². The van der Waals surface area contributed by atoms with E-state index < -0.39 is 0 Å². The van der Waals surface area contributed by atoms with Crippen LogP contribution in [0.1, 0.15) is 74.2 Å². The van der Waals surface area contributed by atoms with Crippen molar-refractivity contribution in [1.29, 1.82) is 0 Å². The van der Waals surface area contributed by atoms with E-state index in [1.54, 1.807) is 0 Å². The summed E-state index contributed by atoms with van der Waals surface area (Å²) in [5, 5.41) is 8.09. The van der Waals surface area contributed by atoms with Gasteiger partial charge in [-0.15, -0.1) is 0 Å². The van der Waals surface area contributed by atoms with E-state index in [2.05, 4.69) is 66.5 Å². The van der Waals surface area contributed by atoms with E-state index in [0.29, 0.717) is 11.8 Å². The summed E-state index contributed by atoms with van der Waals surface area (Å²) in [5.74, 6) is 0.665. The van der Waals surface area contributed by atoms with Gasteiger partial charge in [0.15, 0.2) is 0 Å². The van der Waals surface area contributed by atoms with Gasteiger partial charge in [-0.3, -0.25) is 4.79 Å². The number of carbonyl (C=O) groups excluding carboxylic acids is 1. The van der Waals surface area contributed by atoms with Crippen LogP contribution in [0.3, 0.4) is 0 Å². The first kappa shape index (κ1) is 18.9. The number of hydrogen-bond donors (Lipinski definition) is 1. The highest BCUT2D eigenvalue weighted by Crippen LogP contribution is 2.53. The summed E-state index contributed by atoms with van der Waals surface area (Å²) < 4.78 is 5.51. The Kier molecular flexibility index (Phi) is 4.54. The molecule has 3 aliphatic rings. The molecule has 29 heavy (non-hydrogen) atoms. The van der Waals surface area contributed by atoms with Gasteiger partial charge in [0.05, 0.1) is 5.69 Å². The first-order valence-corrected chi connectivity index (χ1v) is 11.1. The average Bonchev–Trinajstić information content (AvgIpc) is 3.31. The molecule has 0 spiro atoms. The molecule has 2 aromatic rings. The minimum Gasteiger partial charge on any atom is -0.351 e. The SMILES string of the molecule is CC(C)c1cc(C(=O)N2[C@H]3CCC[C@H]4N[C@H](Cc5ccccc5)[C@@H]2C[C@@]34C)on1. The van der Waals surface area contributed by atoms with Gasteiger partial charge in [0, 0.05) is 35.6 Å². The van der Waals surface area contributed by atoms with Crippen molar-refractivity contribution < 1.29 is 9.32 Å². The fraction of sp³-hybridized carbons (Fsp3) is 0.583. The lowest BCUT2D eigenvalue weighted by Crippen LogP contribution is -2.58. The maximum Gasteiger partial charge on any atom is 0.293 e. The summed E-state index contributed by atoms with van der Waals surface area (Å²) in [5.41, 5.74) is 2.32. The number of amides is 1. The molecule has 2 aliphatic heterocycles. The zero-order valence-corrected chi connectivity index (χ0v) is 17.6. The van der Waals surface area contributed by atoms with Gasteiger partial charge in [-0.2, -0.15) is 0 Å². The van der Waals surface area contributed by atoms with Gasteiger partial charge in [0.2, 0.25) is 5.76 Å². The summed E-state index contributed by atoms with van der Waals surface area (Å²) in [4.78, 5) is 15.8. The molecule has 0 radical (unpaired) electrons. The number of nitrogens with zero attached hydrogens (tertiary/aromatic N) is 2. The van der Waals surface area contributed by atoms with E-state index in [9.17, 15) is 4.79 Å². The van der Waals surface area contributed by atoms with Crippen LogP contribution in [-0.2, 0) is 6.42 Å². The molecule has 1 N–H and O–H groups in total. The quantitative estimate of drug-likeness (QED) is 0.848. The van der Waals surface area contributed by atoms with Crippen LogP contribution in [0.2, 0.25) is 0 Å². The van der Waals surface area contributed by atoms with E-state index in [1.807, 2.05) is 6.07 Å². The molecule has 1 aromatic heterocycles. The molecule has 0 unspecified atom stereocenters. The first-order valence-electron chi connectivity index (χ1n) is 11.1. The van der Waals surface area contributed by atoms with Crippen molar-refractivity contribution in [3.05, 3.63) is 53.4 Å². The Balaban J connectivity index is 1.48. The summed E-state index contributed by atoms with van der Waals surface area (Å²) in [6.45, 7) is 6.52. The van der Waals surface area contributed by atoms with Crippen molar-refractivity contribution in [2.45, 2.75) is 83.0 Å². The molecular formula is C24H31N3O2. The van der Waals surface area contributed by atoms with Crippen LogP contribution in [0.25, 0.3) is 0 Å². The van der Waals surface area contributed by atoms with Crippen LogP contribution in [0.5, 0.6) is 0 Å². The van der Waals surface area contributed by atoms with E-state index in [0.717, 1.165) is 25.0 Å². The number of carbonyl (C=O) groups is 1. The summed E-state index contributed by atoms with van der Waals surface area (Å²) in [6, 6.07) is 13.7. The molecular weight excluding hydrogens is 362 g/mol.